The van der Waals surface area contributed by atoms with Crippen molar-refractivity contribution < 1.29 is 21.6 Å². The van der Waals surface area contributed by atoms with Crippen molar-refractivity contribution in [1.29, 1.82) is 0 Å². The lowest BCUT2D eigenvalue weighted by molar-refractivity contribution is -0.139. The Kier molecular flexibility index (Phi) is 5.13. The predicted molar refractivity (Wildman–Crippen MR) is 66.1 cm³/mol. The second kappa shape index (κ2) is 6.21. The Morgan fingerprint density at radius 1 is 1.26 bits per heavy atom. The molecule has 0 heterocycles. The number of sulfonamides is 1. The topological polar surface area (TPSA) is 46.2 Å². The normalized spacial score (nSPS) is 13.1. The summed E-state index contributed by atoms with van der Waals surface area (Å²) in [6.45, 7) is 1.83. The van der Waals surface area contributed by atoms with Gasteiger partial charge >= 0.3 is 6.18 Å². The maximum atomic E-state index is 12.7. The van der Waals surface area contributed by atoms with Crippen LogP contribution in [0.25, 0.3) is 0 Å². The highest BCUT2D eigenvalue weighted by Gasteiger charge is 2.36. The molecule has 0 aliphatic carbocycles. The maximum absolute atomic E-state index is 12.7. The van der Waals surface area contributed by atoms with Crippen LogP contribution in [-0.4, -0.2) is 15.0 Å². The smallest absolute Gasteiger partial charge is 0.211 e. The van der Waals surface area contributed by atoms with Gasteiger partial charge in [-0.1, -0.05) is 24.3 Å². The first-order valence-electron chi connectivity index (χ1n) is 5.56. The van der Waals surface area contributed by atoms with Crippen LogP contribution in [0.2, 0.25) is 0 Å². The van der Waals surface area contributed by atoms with Gasteiger partial charge in [0.1, 0.15) is 0 Å². The average molecular weight is 293 g/mol. The summed E-state index contributed by atoms with van der Waals surface area (Å²) in [6.07, 6.45) is -0.825. The quantitative estimate of drug-likeness (QED) is 0.670. The number of benzene rings is 1. The number of hydrogen-bond donors (Lipinski definition) is 1. The SMILES string of the molecule is C/C=C/CCNS(=O)(=O)c1ccccc1C(F)(F)F. The third kappa shape index (κ3) is 4.36. The summed E-state index contributed by atoms with van der Waals surface area (Å²) in [6, 6.07) is 4.11. The van der Waals surface area contributed by atoms with Crippen molar-refractivity contribution in [3.8, 4) is 0 Å². The Hall–Kier alpha value is -1.34. The molecule has 0 saturated carbocycles. The van der Waals surface area contributed by atoms with E-state index in [1.54, 1.807) is 19.1 Å². The monoisotopic (exact) mass is 293 g/mol. The largest absolute Gasteiger partial charge is 0.417 e. The molecule has 1 N–H and O–H groups in total. The van der Waals surface area contributed by atoms with Crippen LogP contribution in [0.5, 0.6) is 0 Å². The number of alkyl halides is 3. The number of allylic oxidation sites excluding steroid dienone is 1. The van der Waals surface area contributed by atoms with Gasteiger partial charge in [0, 0.05) is 6.54 Å². The zero-order chi connectivity index (χ0) is 14.5. The van der Waals surface area contributed by atoms with E-state index >= 15 is 0 Å². The van der Waals surface area contributed by atoms with Gasteiger partial charge in [0.25, 0.3) is 0 Å². The Morgan fingerprint density at radius 3 is 2.47 bits per heavy atom. The molecule has 106 valence electrons. The van der Waals surface area contributed by atoms with E-state index in [0.717, 1.165) is 18.2 Å². The molecule has 1 aromatic carbocycles. The van der Waals surface area contributed by atoms with E-state index in [1.807, 2.05) is 0 Å². The molecule has 0 atom stereocenters. The van der Waals surface area contributed by atoms with Gasteiger partial charge in [-0.05, 0) is 25.5 Å². The molecule has 0 unspecified atom stereocenters. The van der Waals surface area contributed by atoms with Gasteiger partial charge in [0.05, 0.1) is 10.5 Å². The van der Waals surface area contributed by atoms with Crippen LogP contribution in [0, 0.1) is 0 Å². The van der Waals surface area contributed by atoms with Gasteiger partial charge in [0.2, 0.25) is 10.0 Å². The minimum atomic E-state index is -4.70. The number of halogens is 3. The first-order valence-corrected chi connectivity index (χ1v) is 7.04. The molecule has 0 spiro atoms. The minimum absolute atomic E-state index is 0.0544. The van der Waals surface area contributed by atoms with E-state index in [1.165, 1.54) is 6.07 Å². The summed E-state index contributed by atoms with van der Waals surface area (Å²) in [7, 11) is -4.16. The highest BCUT2D eigenvalue weighted by atomic mass is 32.2. The molecule has 0 amide bonds. The zero-order valence-electron chi connectivity index (χ0n) is 10.2. The van der Waals surface area contributed by atoms with Gasteiger partial charge < -0.3 is 0 Å². The summed E-state index contributed by atoms with van der Waals surface area (Å²) in [5.41, 5.74) is -1.16. The van der Waals surface area contributed by atoms with Crippen molar-refractivity contribution in [2.75, 3.05) is 6.54 Å². The summed E-state index contributed by atoms with van der Waals surface area (Å²) >= 11 is 0. The molecular formula is C12H14F3NO2S. The Morgan fingerprint density at radius 2 is 1.89 bits per heavy atom. The Labute approximate surface area is 110 Å². The van der Waals surface area contributed by atoms with Gasteiger partial charge in [0.15, 0.2) is 0 Å². The van der Waals surface area contributed by atoms with Crippen LogP contribution in [0.1, 0.15) is 18.9 Å². The highest BCUT2D eigenvalue weighted by molar-refractivity contribution is 7.89. The van der Waals surface area contributed by atoms with Crippen LogP contribution < -0.4 is 4.72 Å². The lowest BCUT2D eigenvalue weighted by Gasteiger charge is -2.13. The van der Waals surface area contributed by atoms with Crippen molar-refractivity contribution >= 4 is 10.0 Å². The van der Waals surface area contributed by atoms with Gasteiger partial charge in [-0.3, -0.25) is 0 Å². The van der Waals surface area contributed by atoms with E-state index < -0.39 is 26.7 Å². The van der Waals surface area contributed by atoms with E-state index in [0.29, 0.717) is 6.42 Å². The third-order valence-corrected chi connectivity index (χ3v) is 3.84. The van der Waals surface area contributed by atoms with Crippen LogP contribution >= 0.6 is 0 Å². The second-order valence-corrected chi connectivity index (χ2v) is 5.48. The maximum Gasteiger partial charge on any atom is 0.417 e. The van der Waals surface area contributed by atoms with E-state index in [-0.39, 0.29) is 6.54 Å². The fourth-order valence-corrected chi connectivity index (χ4v) is 2.73. The fraction of sp³-hybridized carbons (Fsp3) is 0.333. The second-order valence-electron chi connectivity index (χ2n) is 3.75. The molecule has 0 saturated heterocycles. The van der Waals surface area contributed by atoms with E-state index in [9.17, 15) is 21.6 Å². The van der Waals surface area contributed by atoms with Crippen molar-refractivity contribution in [1.82, 2.24) is 4.72 Å². The fourth-order valence-electron chi connectivity index (χ4n) is 1.46. The molecule has 19 heavy (non-hydrogen) atoms. The number of hydrogen-bond acceptors (Lipinski definition) is 2. The molecule has 0 fully saturated rings. The first kappa shape index (κ1) is 15.7. The lowest BCUT2D eigenvalue weighted by atomic mass is 10.2. The van der Waals surface area contributed by atoms with Crippen LogP contribution in [0.15, 0.2) is 41.3 Å². The third-order valence-electron chi connectivity index (χ3n) is 2.32. The molecule has 0 radical (unpaired) electrons. The molecule has 0 aliphatic rings. The molecular weight excluding hydrogens is 279 g/mol. The summed E-state index contributed by atoms with van der Waals surface area (Å²) in [4.78, 5) is -0.747. The molecule has 0 aromatic heterocycles. The Bertz CT molecular complexity index is 550. The van der Waals surface area contributed by atoms with Crippen molar-refractivity contribution in [3.05, 3.63) is 42.0 Å². The van der Waals surface area contributed by atoms with E-state index in [2.05, 4.69) is 4.72 Å². The van der Waals surface area contributed by atoms with Crippen LogP contribution in [0.3, 0.4) is 0 Å². The first-order chi connectivity index (χ1) is 8.79. The zero-order valence-corrected chi connectivity index (χ0v) is 11.1. The average Bonchev–Trinajstić information content (AvgIpc) is 2.34. The summed E-state index contributed by atoms with van der Waals surface area (Å²) in [5.74, 6) is 0. The number of rotatable bonds is 5. The molecule has 0 aliphatic heterocycles. The predicted octanol–water partition coefficient (Wildman–Crippen LogP) is 2.95. The van der Waals surface area contributed by atoms with Gasteiger partial charge in [-0.15, -0.1) is 0 Å². The van der Waals surface area contributed by atoms with E-state index in [4.69, 9.17) is 0 Å². The molecule has 1 rings (SSSR count). The molecule has 3 nitrogen and oxygen atoms in total. The summed E-state index contributed by atoms with van der Waals surface area (Å²) < 4.78 is 64.0. The van der Waals surface area contributed by atoms with Crippen molar-refractivity contribution in [2.24, 2.45) is 0 Å². The van der Waals surface area contributed by atoms with Gasteiger partial charge in [-0.2, -0.15) is 13.2 Å². The Balaban J connectivity index is 3.02. The molecule has 7 heteroatoms. The molecule has 1 aromatic rings. The van der Waals surface area contributed by atoms with Crippen molar-refractivity contribution in [3.63, 3.8) is 0 Å². The lowest BCUT2D eigenvalue weighted by Crippen LogP contribution is -2.27. The standard InChI is InChI=1S/C12H14F3NO2S/c1-2-3-6-9-16-19(17,18)11-8-5-4-7-10(11)12(13,14)15/h2-5,7-8,16H,6,9H2,1H3/b3-2+. The van der Waals surface area contributed by atoms with Gasteiger partial charge in [-0.25, -0.2) is 13.1 Å². The minimum Gasteiger partial charge on any atom is -0.211 e. The number of nitrogens with one attached hydrogen (secondary N) is 1. The molecule has 0 bridgehead atoms. The van der Waals surface area contributed by atoms with Crippen LogP contribution in [-0.2, 0) is 16.2 Å². The van der Waals surface area contributed by atoms with Crippen LogP contribution in [0.4, 0.5) is 13.2 Å². The highest BCUT2D eigenvalue weighted by Crippen LogP contribution is 2.33. The van der Waals surface area contributed by atoms with Crippen molar-refractivity contribution in [2.45, 2.75) is 24.4 Å². The summed E-state index contributed by atoms with van der Waals surface area (Å²) in [5, 5.41) is 0.